The lowest BCUT2D eigenvalue weighted by Gasteiger charge is -2.30. The molecule has 2 aromatic heterocycles. The van der Waals surface area contributed by atoms with E-state index in [2.05, 4.69) is 15.2 Å². The van der Waals surface area contributed by atoms with Crippen molar-refractivity contribution in [1.29, 1.82) is 0 Å². The monoisotopic (exact) mass is 448 g/mol. The molecule has 0 bridgehead atoms. The Balaban J connectivity index is 1.27. The zero-order valence-electron chi connectivity index (χ0n) is 17.8. The van der Waals surface area contributed by atoms with Crippen LogP contribution < -0.4 is 0 Å². The van der Waals surface area contributed by atoms with E-state index in [1.165, 1.54) is 18.2 Å². The van der Waals surface area contributed by atoms with E-state index >= 15 is 0 Å². The maximum absolute atomic E-state index is 14.1. The third-order valence-electron chi connectivity index (χ3n) is 5.85. The molecule has 1 saturated heterocycles. The van der Waals surface area contributed by atoms with Crippen molar-refractivity contribution in [3.05, 3.63) is 95.3 Å². The number of H-pyrrole nitrogens is 1. The van der Waals surface area contributed by atoms with Crippen LogP contribution in [0.15, 0.2) is 65.2 Å². The highest BCUT2D eigenvalue weighted by Gasteiger charge is 2.29. The van der Waals surface area contributed by atoms with Crippen LogP contribution in [0.2, 0.25) is 0 Å². The van der Waals surface area contributed by atoms with Gasteiger partial charge in [0.25, 0.3) is 5.91 Å². The van der Waals surface area contributed by atoms with Gasteiger partial charge >= 0.3 is 0 Å². The Hall–Kier alpha value is -3.81. The number of nitrogens with zero attached hydrogens (tertiary/aromatic N) is 3. The Morgan fingerprint density at radius 3 is 2.88 bits per heavy atom. The summed E-state index contributed by atoms with van der Waals surface area (Å²) in [6.45, 7) is 1.08. The Labute approximate surface area is 189 Å². The lowest BCUT2D eigenvalue weighted by atomic mass is 9.97. The molecule has 1 aliphatic heterocycles. The number of benzene rings is 2. The molecule has 33 heavy (non-hydrogen) atoms. The Kier molecular flexibility index (Phi) is 5.73. The van der Waals surface area contributed by atoms with Crippen LogP contribution in [0, 0.1) is 11.6 Å². The van der Waals surface area contributed by atoms with Gasteiger partial charge in [-0.2, -0.15) is 5.10 Å². The highest BCUT2D eigenvalue weighted by molar-refractivity contribution is 5.93. The number of hydrogen-bond donors (Lipinski definition) is 1. The van der Waals surface area contributed by atoms with Crippen LogP contribution in [-0.4, -0.2) is 39.1 Å². The maximum Gasteiger partial charge on any atom is 0.271 e. The van der Waals surface area contributed by atoms with Crippen molar-refractivity contribution in [2.24, 2.45) is 0 Å². The average molecular weight is 448 g/mol. The Morgan fingerprint density at radius 1 is 1.15 bits per heavy atom. The molecular formula is C25H22F2N4O2. The Bertz CT molecular complexity index is 1280. The number of halogens is 2. The van der Waals surface area contributed by atoms with E-state index in [0.29, 0.717) is 48.1 Å². The van der Waals surface area contributed by atoms with E-state index in [1.54, 1.807) is 41.4 Å². The first kappa shape index (κ1) is 21.1. The average Bonchev–Trinajstić information content (AvgIpc) is 3.49. The van der Waals surface area contributed by atoms with E-state index in [1.807, 2.05) is 6.07 Å². The largest absolute Gasteiger partial charge is 0.445 e. The lowest BCUT2D eigenvalue weighted by Crippen LogP contribution is -2.39. The summed E-state index contributed by atoms with van der Waals surface area (Å²) in [5.74, 6) is 0.335. The van der Waals surface area contributed by atoms with Gasteiger partial charge in [-0.15, -0.1) is 0 Å². The molecule has 6 nitrogen and oxygen atoms in total. The molecule has 0 spiro atoms. The lowest BCUT2D eigenvalue weighted by molar-refractivity contribution is 0.0692. The van der Waals surface area contributed by atoms with Gasteiger partial charge in [0.15, 0.2) is 5.89 Å². The summed E-state index contributed by atoms with van der Waals surface area (Å²) < 4.78 is 33.4. The van der Waals surface area contributed by atoms with Crippen LogP contribution in [0.25, 0.3) is 11.3 Å². The number of carbonyl (C=O) groups is 1. The predicted octanol–water partition coefficient (Wildman–Crippen LogP) is 4.95. The van der Waals surface area contributed by atoms with E-state index in [9.17, 15) is 13.6 Å². The summed E-state index contributed by atoms with van der Waals surface area (Å²) in [6.07, 6.45) is 3.78. The zero-order chi connectivity index (χ0) is 22.8. The number of amides is 1. The van der Waals surface area contributed by atoms with E-state index in [0.717, 1.165) is 18.4 Å². The van der Waals surface area contributed by atoms with Gasteiger partial charge in [0, 0.05) is 25.1 Å². The first-order valence-electron chi connectivity index (χ1n) is 10.9. The van der Waals surface area contributed by atoms with Crippen LogP contribution in [0.5, 0.6) is 0 Å². The summed E-state index contributed by atoms with van der Waals surface area (Å²) in [4.78, 5) is 19.2. The minimum atomic E-state index is -0.390. The summed E-state index contributed by atoms with van der Waals surface area (Å²) in [6, 6.07) is 14.3. The van der Waals surface area contributed by atoms with Crippen molar-refractivity contribution in [2.75, 3.05) is 13.1 Å². The van der Waals surface area contributed by atoms with Crippen LogP contribution in [0.1, 0.15) is 46.5 Å². The molecule has 0 unspecified atom stereocenters. The fraction of sp³-hybridized carbons (Fsp3) is 0.240. The number of piperidine rings is 1. The SMILES string of the molecule is O=C(c1cc(-c2ccccc2F)n[nH]1)N1CCC[C@H](c2ncc(Cc3cccc(F)c3)o2)C1. The molecule has 168 valence electrons. The Morgan fingerprint density at radius 2 is 2.03 bits per heavy atom. The number of aromatic amines is 1. The van der Waals surface area contributed by atoms with Gasteiger partial charge in [0.05, 0.1) is 17.8 Å². The second-order valence-electron chi connectivity index (χ2n) is 8.21. The molecule has 1 fully saturated rings. The molecular weight excluding hydrogens is 426 g/mol. The van der Waals surface area contributed by atoms with Crippen molar-refractivity contribution in [1.82, 2.24) is 20.1 Å². The molecule has 1 aliphatic rings. The van der Waals surface area contributed by atoms with Crippen LogP contribution in [0.4, 0.5) is 8.78 Å². The van der Waals surface area contributed by atoms with Gasteiger partial charge in [-0.3, -0.25) is 9.89 Å². The van der Waals surface area contributed by atoms with Gasteiger partial charge in [-0.1, -0.05) is 24.3 Å². The van der Waals surface area contributed by atoms with E-state index in [4.69, 9.17) is 4.42 Å². The molecule has 3 heterocycles. The van der Waals surface area contributed by atoms with Gasteiger partial charge in [-0.05, 0) is 48.7 Å². The molecule has 1 amide bonds. The van der Waals surface area contributed by atoms with E-state index < -0.39 is 0 Å². The third-order valence-corrected chi connectivity index (χ3v) is 5.85. The second-order valence-corrected chi connectivity index (χ2v) is 8.21. The van der Waals surface area contributed by atoms with Gasteiger partial charge in [-0.25, -0.2) is 13.8 Å². The van der Waals surface area contributed by atoms with Crippen molar-refractivity contribution in [3.8, 4) is 11.3 Å². The molecule has 2 aromatic carbocycles. The predicted molar refractivity (Wildman–Crippen MR) is 118 cm³/mol. The number of aromatic nitrogens is 3. The van der Waals surface area contributed by atoms with Crippen molar-refractivity contribution >= 4 is 5.91 Å². The smallest absolute Gasteiger partial charge is 0.271 e. The van der Waals surface area contributed by atoms with Crippen LogP contribution in [0.3, 0.4) is 0 Å². The summed E-state index contributed by atoms with van der Waals surface area (Å²) in [7, 11) is 0. The second kappa shape index (κ2) is 8.97. The molecule has 8 heteroatoms. The standard InChI is InChI=1S/C25H22F2N4O2/c26-18-7-3-5-16(11-18)12-19-14-28-24(33-19)17-6-4-10-31(15-17)25(32)23-13-22(29-30-23)20-8-1-2-9-21(20)27/h1-3,5,7-9,11,13-14,17H,4,6,10,12,15H2,(H,29,30)/t17-/m0/s1. The van der Waals surface area contributed by atoms with Crippen molar-refractivity contribution in [2.45, 2.75) is 25.2 Å². The van der Waals surface area contributed by atoms with Crippen LogP contribution >= 0.6 is 0 Å². The highest BCUT2D eigenvalue weighted by atomic mass is 19.1. The highest BCUT2D eigenvalue weighted by Crippen LogP contribution is 2.29. The number of carbonyl (C=O) groups excluding carboxylic acids is 1. The minimum absolute atomic E-state index is 0.0297. The van der Waals surface area contributed by atoms with Crippen molar-refractivity contribution < 1.29 is 18.0 Å². The molecule has 0 radical (unpaired) electrons. The molecule has 5 rings (SSSR count). The normalized spacial score (nSPS) is 16.2. The first-order valence-corrected chi connectivity index (χ1v) is 10.9. The number of likely N-dealkylation sites (tertiary alicyclic amines) is 1. The van der Waals surface area contributed by atoms with Gasteiger partial charge in [0.1, 0.15) is 23.1 Å². The number of nitrogens with one attached hydrogen (secondary N) is 1. The molecule has 0 saturated carbocycles. The van der Waals surface area contributed by atoms with E-state index in [-0.39, 0.29) is 23.5 Å². The first-order chi connectivity index (χ1) is 16.1. The number of oxazole rings is 1. The molecule has 1 atom stereocenters. The third kappa shape index (κ3) is 4.55. The number of hydrogen-bond acceptors (Lipinski definition) is 4. The molecule has 0 aliphatic carbocycles. The topological polar surface area (TPSA) is 75.0 Å². The fourth-order valence-electron chi connectivity index (χ4n) is 4.21. The minimum Gasteiger partial charge on any atom is -0.445 e. The summed E-state index contributed by atoms with van der Waals surface area (Å²) in [5, 5.41) is 6.86. The van der Waals surface area contributed by atoms with Gasteiger partial charge < -0.3 is 9.32 Å². The molecule has 4 aromatic rings. The summed E-state index contributed by atoms with van der Waals surface area (Å²) >= 11 is 0. The van der Waals surface area contributed by atoms with Crippen LogP contribution in [-0.2, 0) is 6.42 Å². The zero-order valence-corrected chi connectivity index (χ0v) is 17.8. The van der Waals surface area contributed by atoms with Crippen molar-refractivity contribution in [3.63, 3.8) is 0 Å². The summed E-state index contributed by atoms with van der Waals surface area (Å²) in [5.41, 5.74) is 1.85. The maximum atomic E-state index is 14.1. The molecule has 1 N–H and O–H groups in total. The van der Waals surface area contributed by atoms with Gasteiger partial charge in [0.2, 0.25) is 0 Å². The fourth-order valence-corrected chi connectivity index (χ4v) is 4.21. The quantitative estimate of drug-likeness (QED) is 0.469. The number of rotatable bonds is 5.